The Kier molecular flexibility index (Phi) is 4.23. The van der Waals surface area contributed by atoms with Crippen molar-refractivity contribution in [3.8, 4) is 5.75 Å². The molecule has 2 aromatic rings. The number of nitrogens with zero attached hydrogens (tertiary/aromatic N) is 1. The second-order valence-corrected chi connectivity index (χ2v) is 5.39. The average molecular weight is 422 g/mol. The number of nitrogens with one attached hydrogen (secondary N) is 2. The Labute approximate surface area is 125 Å². The van der Waals surface area contributed by atoms with E-state index in [9.17, 15) is 4.79 Å². The predicted molar refractivity (Wildman–Crippen MR) is 81.6 cm³/mol. The van der Waals surface area contributed by atoms with Crippen molar-refractivity contribution in [3.63, 3.8) is 0 Å². The van der Waals surface area contributed by atoms with Crippen molar-refractivity contribution in [3.05, 3.63) is 42.9 Å². The summed E-state index contributed by atoms with van der Waals surface area (Å²) in [5.74, 6) is 1.23. The molecule has 0 aliphatic rings. The van der Waals surface area contributed by atoms with Crippen molar-refractivity contribution in [2.45, 2.75) is 0 Å². The van der Waals surface area contributed by atoms with Crippen LogP contribution in [0.25, 0.3) is 0 Å². The van der Waals surface area contributed by atoms with E-state index in [2.05, 4.69) is 31.2 Å². The number of hydrogen-bond acceptors (Lipinski definition) is 4. The van der Waals surface area contributed by atoms with Crippen LogP contribution in [0, 0.1) is 3.57 Å². The van der Waals surface area contributed by atoms with Crippen molar-refractivity contribution in [1.82, 2.24) is 9.97 Å². The lowest BCUT2D eigenvalue weighted by atomic mass is 10.3. The molecule has 0 aliphatic carbocycles. The first-order valence-electron chi connectivity index (χ1n) is 4.95. The molecule has 2 N–H and O–H groups in total. The molecule has 7 heteroatoms. The van der Waals surface area contributed by atoms with Gasteiger partial charge in [0, 0.05) is 16.2 Å². The Morgan fingerprint density at radius 1 is 1.44 bits per heavy atom. The van der Waals surface area contributed by atoms with Gasteiger partial charge in [0.1, 0.15) is 9.32 Å². The summed E-state index contributed by atoms with van der Waals surface area (Å²) in [5.41, 5.74) is 0.618. The Bertz CT molecular complexity index is 630. The Hall–Kier alpha value is -1.09. The van der Waals surface area contributed by atoms with Crippen molar-refractivity contribution >= 4 is 50.0 Å². The molecule has 1 aromatic carbocycles. The van der Waals surface area contributed by atoms with Crippen LogP contribution in [-0.2, 0) is 0 Å². The molecule has 0 bridgehead atoms. The number of hydrogen-bond donors (Lipinski definition) is 2. The van der Waals surface area contributed by atoms with Gasteiger partial charge < -0.3 is 15.0 Å². The summed E-state index contributed by atoms with van der Waals surface area (Å²) in [4.78, 5) is 18.0. The van der Waals surface area contributed by atoms with E-state index in [0.29, 0.717) is 15.1 Å². The van der Waals surface area contributed by atoms with E-state index in [1.165, 1.54) is 6.33 Å². The number of H-pyrrole nitrogens is 1. The summed E-state index contributed by atoms with van der Waals surface area (Å²) in [7, 11) is 1.60. The molecule has 0 unspecified atom stereocenters. The van der Waals surface area contributed by atoms with E-state index in [1.807, 2.05) is 40.8 Å². The van der Waals surface area contributed by atoms with Crippen molar-refractivity contribution in [1.29, 1.82) is 0 Å². The molecule has 0 saturated heterocycles. The van der Waals surface area contributed by atoms with E-state index in [1.54, 1.807) is 7.11 Å². The highest BCUT2D eigenvalue weighted by Gasteiger charge is 2.06. The predicted octanol–water partition coefficient (Wildman–Crippen LogP) is 2.89. The third kappa shape index (κ3) is 3.02. The number of rotatable bonds is 3. The SMILES string of the molecule is COc1cc(Br)cc(Nc2nc[nH]c(=O)c2I)c1. The quantitative estimate of drug-likeness (QED) is 0.748. The summed E-state index contributed by atoms with van der Waals surface area (Å²) < 4.78 is 6.55. The molecule has 18 heavy (non-hydrogen) atoms. The van der Waals surface area contributed by atoms with Gasteiger partial charge in [-0.3, -0.25) is 4.79 Å². The van der Waals surface area contributed by atoms with Crippen LogP contribution in [0.5, 0.6) is 5.75 Å². The van der Waals surface area contributed by atoms with Crippen LogP contribution in [0.15, 0.2) is 33.8 Å². The fourth-order valence-corrected chi connectivity index (χ4v) is 2.26. The lowest BCUT2D eigenvalue weighted by molar-refractivity contribution is 0.415. The van der Waals surface area contributed by atoms with Gasteiger partial charge >= 0.3 is 0 Å². The summed E-state index contributed by atoms with van der Waals surface area (Å²) in [6, 6.07) is 5.55. The van der Waals surface area contributed by atoms with Gasteiger partial charge in [-0.1, -0.05) is 15.9 Å². The number of halogens is 2. The van der Waals surface area contributed by atoms with E-state index in [0.717, 1.165) is 10.2 Å². The van der Waals surface area contributed by atoms with Gasteiger partial charge in [-0.15, -0.1) is 0 Å². The number of methoxy groups -OCH3 is 1. The zero-order valence-electron chi connectivity index (χ0n) is 9.33. The highest BCUT2D eigenvalue weighted by Crippen LogP contribution is 2.26. The minimum atomic E-state index is -0.171. The van der Waals surface area contributed by atoms with Gasteiger partial charge in [0.15, 0.2) is 5.82 Å². The maximum atomic E-state index is 11.4. The maximum absolute atomic E-state index is 11.4. The summed E-state index contributed by atoms with van der Waals surface area (Å²) in [6.07, 6.45) is 1.36. The molecule has 0 atom stereocenters. The second kappa shape index (κ2) is 5.70. The maximum Gasteiger partial charge on any atom is 0.266 e. The number of benzene rings is 1. The fraction of sp³-hybridized carbons (Fsp3) is 0.0909. The Balaban J connectivity index is 2.37. The highest BCUT2D eigenvalue weighted by molar-refractivity contribution is 14.1. The van der Waals surface area contributed by atoms with E-state index in [-0.39, 0.29) is 5.56 Å². The lowest BCUT2D eigenvalue weighted by Crippen LogP contribution is -2.12. The van der Waals surface area contributed by atoms with Crippen LogP contribution in [0.1, 0.15) is 0 Å². The first-order chi connectivity index (χ1) is 8.60. The van der Waals surface area contributed by atoms with Gasteiger partial charge in [-0.25, -0.2) is 4.98 Å². The number of anilines is 2. The molecule has 1 heterocycles. The second-order valence-electron chi connectivity index (χ2n) is 3.40. The molecule has 0 spiro atoms. The van der Waals surface area contributed by atoms with Gasteiger partial charge in [0.25, 0.3) is 5.56 Å². The first-order valence-corrected chi connectivity index (χ1v) is 6.82. The summed E-state index contributed by atoms with van der Waals surface area (Å²) in [5, 5.41) is 3.08. The van der Waals surface area contributed by atoms with Crippen LogP contribution in [-0.4, -0.2) is 17.1 Å². The number of ether oxygens (including phenoxy) is 1. The third-order valence-electron chi connectivity index (χ3n) is 2.17. The van der Waals surface area contributed by atoms with Gasteiger partial charge in [-0.05, 0) is 34.7 Å². The Morgan fingerprint density at radius 2 is 2.22 bits per heavy atom. The normalized spacial score (nSPS) is 10.2. The van der Waals surface area contributed by atoms with E-state index in [4.69, 9.17) is 4.74 Å². The summed E-state index contributed by atoms with van der Waals surface area (Å²) in [6.45, 7) is 0. The molecule has 0 saturated carbocycles. The minimum Gasteiger partial charge on any atom is -0.497 e. The molecule has 94 valence electrons. The number of aromatic nitrogens is 2. The smallest absolute Gasteiger partial charge is 0.266 e. The third-order valence-corrected chi connectivity index (χ3v) is 3.62. The average Bonchev–Trinajstić information content (AvgIpc) is 2.34. The van der Waals surface area contributed by atoms with Crippen LogP contribution in [0.2, 0.25) is 0 Å². The van der Waals surface area contributed by atoms with E-state index < -0.39 is 0 Å². The fourth-order valence-electron chi connectivity index (χ4n) is 1.36. The standard InChI is InChI=1S/C11H9BrIN3O2/c1-18-8-3-6(12)2-7(4-8)16-10-9(13)11(17)15-5-14-10/h2-5H,1H3,(H2,14,15,16,17). The van der Waals surface area contributed by atoms with Crippen LogP contribution in [0.3, 0.4) is 0 Å². The van der Waals surface area contributed by atoms with Crippen LogP contribution in [0.4, 0.5) is 11.5 Å². The van der Waals surface area contributed by atoms with Crippen molar-refractivity contribution in [2.75, 3.05) is 12.4 Å². The zero-order chi connectivity index (χ0) is 13.1. The van der Waals surface area contributed by atoms with Crippen LogP contribution >= 0.6 is 38.5 Å². The Morgan fingerprint density at radius 3 is 2.94 bits per heavy atom. The molecule has 0 radical (unpaired) electrons. The monoisotopic (exact) mass is 421 g/mol. The molecule has 1 aromatic heterocycles. The van der Waals surface area contributed by atoms with Gasteiger partial charge in [0.05, 0.1) is 13.4 Å². The molecule has 5 nitrogen and oxygen atoms in total. The molecule has 0 fully saturated rings. The molecular weight excluding hydrogens is 413 g/mol. The molecule has 2 rings (SSSR count). The van der Waals surface area contributed by atoms with Gasteiger partial charge in [0.2, 0.25) is 0 Å². The summed E-state index contributed by atoms with van der Waals surface area (Å²) >= 11 is 5.34. The van der Waals surface area contributed by atoms with Crippen molar-refractivity contribution in [2.24, 2.45) is 0 Å². The molecular formula is C11H9BrIN3O2. The highest BCUT2D eigenvalue weighted by atomic mass is 127. The zero-order valence-corrected chi connectivity index (χ0v) is 13.1. The van der Waals surface area contributed by atoms with E-state index >= 15 is 0 Å². The first kappa shape index (κ1) is 13.3. The lowest BCUT2D eigenvalue weighted by Gasteiger charge is -2.09. The van der Waals surface area contributed by atoms with Crippen molar-refractivity contribution < 1.29 is 4.74 Å². The van der Waals surface area contributed by atoms with Crippen LogP contribution < -0.4 is 15.6 Å². The number of aromatic amines is 1. The topological polar surface area (TPSA) is 67.0 Å². The van der Waals surface area contributed by atoms with Gasteiger partial charge in [-0.2, -0.15) is 0 Å². The minimum absolute atomic E-state index is 0.171. The largest absolute Gasteiger partial charge is 0.497 e. The molecule has 0 amide bonds. The molecule has 0 aliphatic heterocycles.